The number of nitrogens with one attached hydrogen (secondary N) is 1. The Balaban J connectivity index is 1.63. The van der Waals surface area contributed by atoms with Crippen LogP contribution in [0.2, 0.25) is 0 Å². The Morgan fingerprint density at radius 3 is 2.69 bits per heavy atom. The van der Waals surface area contributed by atoms with E-state index in [1.165, 1.54) is 17.8 Å². The second-order valence-corrected chi connectivity index (χ2v) is 7.63. The number of nitrogens with zero attached hydrogens (tertiary/aromatic N) is 4. The van der Waals surface area contributed by atoms with Crippen LogP contribution < -0.4 is 5.32 Å². The minimum absolute atomic E-state index is 0.0670. The van der Waals surface area contributed by atoms with E-state index in [1.807, 2.05) is 11.6 Å². The van der Waals surface area contributed by atoms with Crippen molar-refractivity contribution in [3.8, 4) is 0 Å². The predicted octanol–water partition coefficient (Wildman–Crippen LogP) is 3.46. The molecule has 158 valence electrons. The number of aromatic nitrogens is 2. The molecule has 0 radical (unpaired) electrons. The molecule has 0 spiro atoms. The number of guanidine groups is 1. The number of hydrogen-bond donors (Lipinski definition) is 1. The van der Waals surface area contributed by atoms with Gasteiger partial charge in [-0.1, -0.05) is 12.1 Å². The third-order valence-corrected chi connectivity index (χ3v) is 5.03. The zero-order valence-corrected chi connectivity index (χ0v) is 17.9. The molecule has 0 bridgehead atoms. The molecule has 2 heterocycles. The fraction of sp³-hybridized carbons (Fsp3) is 0.545. The monoisotopic (exact) mass is 401 g/mol. The molecule has 29 heavy (non-hydrogen) atoms. The van der Waals surface area contributed by atoms with Crippen LogP contribution in [-0.2, 0) is 11.3 Å². The maximum Gasteiger partial charge on any atom is 0.194 e. The first-order chi connectivity index (χ1) is 14.0. The van der Waals surface area contributed by atoms with Crippen LogP contribution in [0, 0.1) is 19.7 Å². The Morgan fingerprint density at radius 1 is 1.28 bits per heavy atom. The first kappa shape index (κ1) is 21.3. The molecule has 0 amide bonds. The molecular formula is C22H32FN5O. The summed E-state index contributed by atoms with van der Waals surface area (Å²) >= 11 is 0. The summed E-state index contributed by atoms with van der Waals surface area (Å²) < 4.78 is 21.4. The largest absolute Gasteiger partial charge is 0.367 e. The zero-order chi connectivity index (χ0) is 20.8. The maximum absolute atomic E-state index is 13.3. The van der Waals surface area contributed by atoms with Gasteiger partial charge in [0.1, 0.15) is 11.9 Å². The number of hydrogen-bond acceptors (Lipinski definition) is 3. The molecule has 2 atom stereocenters. The minimum atomic E-state index is -0.230. The first-order valence-corrected chi connectivity index (χ1v) is 10.4. The van der Waals surface area contributed by atoms with E-state index in [-0.39, 0.29) is 18.0 Å². The van der Waals surface area contributed by atoms with Crippen LogP contribution in [0.15, 0.2) is 35.3 Å². The maximum atomic E-state index is 13.3. The molecule has 1 aromatic heterocycles. The van der Waals surface area contributed by atoms with Crippen molar-refractivity contribution in [1.29, 1.82) is 0 Å². The molecule has 7 heteroatoms. The van der Waals surface area contributed by atoms with Gasteiger partial charge in [0.2, 0.25) is 0 Å². The van der Waals surface area contributed by atoms with Gasteiger partial charge in [-0.3, -0.25) is 9.67 Å². The highest BCUT2D eigenvalue weighted by Crippen LogP contribution is 2.25. The van der Waals surface area contributed by atoms with Crippen molar-refractivity contribution in [2.75, 3.05) is 26.2 Å². The van der Waals surface area contributed by atoms with Crippen molar-refractivity contribution in [2.45, 2.75) is 52.9 Å². The van der Waals surface area contributed by atoms with Crippen LogP contribution in [0.4, 0.5) is 4.39 Å². The molecule has 0 aliphatic carbocycles. The summed E-state index contributed by atoms with van der Waals surface area (Å²) in [7, 11) is 0. The summed E-state index contributed by atoms with van der Waals surface area (Å²) in [5, 5.41) is 7.92. The van der Waals surface area contributed by atoms with E-state index < -0.39 is 0 Å². The summed E-state index contributed by atoms with van der Waals surface area (Å²) in [6, 6.07) is 8.67. The molecule has 2 unspecified atom stereocenters. The summed E-state index contributed by atoms with van der Waals surface area (Å²) in [5.41, 5.74) is 3.22. The molecule has 0 saturated carbocycles. The highest BCUT2D eigenvalue weighted by molar-refractivity contribution is 5.80. The van der Waals surface area contributed by atoms with Gasteiger partial charge in [0.05, 0.1) is 18.3 Å². The average molecular weight is 402 g/mol. The third kappa shape index (κ3) is 5.79. The molecule has 1 saturated heterocycles. The molecule has 1 N–H and O–H groups in total. The Morgan fingerprint density at radius 2 is 2.03 bits per heavy atom. The second-order valence-electron chi connectivity index (χ2n) is 7.63. The van der Waals surface area contributed by atoms with Gasteiger partial charge in [0, 0.05) is 31.9 Å². The van der Waals surface area contributed by atoms with Crippen molar-refractivity contribution in [3.05, 3.63) is 53.1 Å². The van der Waals surface area contributed by atoms with Crippen molar-refractivity contribution in [3.63, 3.8) is 0 Å². The quantitative estimate of drug-likeness (QED) is 0.458. The van der Waals surface area contributed by atoms with Crippen LogP contribution in [0.3, 0.4) is 0 Å². The summed E-state index contributed by atoms with van der Waals surface area (Å²) in [4.78, 5) is 7.09. The predicted molar refractivity (Wildman–Crippen MR) is 114 cm³/mol. The van der Waals surface area contributed by atoms with Gasteiger partial charge in [0.25, 0.3) is 0 Å². The van der Waals surface area contributed by atoms with Gasteiger partial charge < -0.3 is 15.0 Å². The topological polar surface area (TPSA) is 54.7 Å². The third-order valence-electron chi connectivity index (χ3n) is 5.03. The van der Waals surface area contributed by atoms with Crippen molar-refractivity contribution >= 4 is 5.96 Å². The molecule has 1 fully saturated rings. The number of morpholine rings is 1. The van der Waals surface area contributed by atoms with Gasteiger partial charge in [-0.15, -0.1) is 0 Å². The lowest BCUT2D eigenvalue weighted by atomic mass is 10.1. The van der Waals surface area contributed by atoms with Crippen molar-refractivity contribution in [1.82, 2.24) is 20.0 Å². The lowest BCUT2D eigenvalue weighted by Gasteiger charge is -2.38. The van der Waals surface area contributed by atoms with Crippen LogP contribution in [0.5, 0.6) is 0 Å². The van der Waals surface area contributed by atoms with Gasteiger partial charge >= 0.3 is 0 Å². The number of rotatable bonds is 6. The standard InChI is InChI=1S/C22H32FN5O/c1-5-24-22(25-11-6-12-28-17(3)13-16(2)26-28)27-14-18(4)29-21(15-27)19-7-9-20(23)10-8-19/h7-10,13,18,21H,5-6,11-12,14-15H2,1-4H3,(H,24,25). The van der Waals surface area contributed by atoms with Crippen molar-refractivity contribution < 1.29 is 9.13 Å². The van der Waals surface area contributed by atoms with E-state index in [1.54, 1.807) is 12.1 Å². The van der Waals surface area contributed by atoms with Crippen LogP contribution in [-0.4, -0.2) is 52.9 Å². The fourth-order valence-corrected chi connectivity index (χ4v) is 3.72. The SMILES string of the molecule is CCNC(=NCCCn1nc(C)cc1C)N1CC(C)OC(c2ccc(F)cc2)C1. The zero-order valence-electron chi connectivity index (χ0n) is 17.9. The molecule has 1 aliphatic rings. The second kappa shape index (κ2) is 9.87. The van der Waals surface area contributed by atoms with Crippen LogP contribution in [0.1, 0.15) is 43.3 Å². The van der Waals surface area contributed by atoms with E-state index in [0.717, 1.165) is 49.8 Å². The van der Waals surface area contributed by atoms with Gasteiger partial charge in [-0.25, -0.2) is 4.39 Å². The minimum Gasteiger partial charge on any atom is -0.367 e. The number of aryl methyl sites for hydroxylation is 3. The highest BCUT2D eigenvalue weighted by atomic mass is 19.1. The van der Waals surface area contributed by atoms with Gasteiger partial charge in [0.15, 0.2) is 5.96 Å². The summed E-state index contributed by atoms with van der Waals surface area (Å²) in [6.45, 7) is 12.1. The smallest absolute Gasteiger partial charge is 0.194 e. The Kier molecular flexibility index (Phi) is 7.25. The first-order valence-electron chi connectivity index (χ1n) is 10.4. The average Bonchev–Trinajstić information content (AvgIpc) is 3.01. The number of aliphatic imine (C=N–C) groups is 1. The van der Waals surface area contributed by atoms with Gasteiger partial charge in [-0.05, 0) is 57.9 Å². The normalized spacial score (nSPS) is 20.2. The number of benzene rings is 1. The van der Waals surface area contributed by atoms with E-state index in [4.69, 9.17) is 9.73 Å². The summed E-state index contributed by atoms with van der Waals surface area (Å²) in [6.07, 6.45) is 0.897. The summed E-state index contributed by atoms with van der Waals surface area (Å²) in [5.74, 6) is 0.676. The van der Waals surface area contributed by atoms with Crippen molar-refractivity contribution in [2.24, 2.45) is 4.99 Å². The molecule has 1 aliphatic heterocycles. The van der Waals surface area contributed by atoms with Gasteiger partial charge in [-0.2, -0.15) is 5.10 Å². The lowest BCUT2D eigenvalue weighted by molar-refractivity contribution is -0.0605. The van der Waals surface area contributed by atoms with E-state index in [9.17, 15) is 4.39 Å². The van der Waals surface area contributed by atoms with Crippen LogP contribution in [0.25, 0.3) is 0 Å². The van der Waals surface area contributed by atoms with E-state index in [0.29, 0.717) is 6.54 Å². The molecule has 2 aromatic rings. The number of ether oxygens (including phenoxy) is 1. The van der Waals surface area contributed by atoms with E-state index in [2.05, 4.69) is 42.2 Å². The molecule has 3 rings (SSSR count). The number of halogens is 1. The van der Waals surface area contributed by atoms with E-state index >= 15 is 0 Å². The molecule has 1 aromatic carbocycles. The molecular weight excluding hydrogens is 369 g/mol. The highest BCUT2D eigenvalue weighted by Gasteiger charge is 2.28. The fourth-order valence-electron chi connectivity index (χ4n) is 3.72. The molecule has 6 nitrogen and oxygen atoms in total. The lowest BCUT2D eigenvalue weighted by Crippen LogP contribution is -2.50. The van der Waals surface area contributed by atoms with Crippen LogP contribution >= 0.6 is 0 Å². The Hall–Kier alpha value is -2.41. The Bertz CT molecular complexity index is 817. The Labute approximate surface area is 172 Å².